The summed E-state index contributed by atoms with van der Waals surface area (Å²) in [6.45, 7) is 2.12. The highest BCUT2D eigenvalue weighted by molar-refractivity contribution is 6.02. The van der Waals surface area contributed by atoms with Gasteiger partial charge >= 0.3 is 0 Å². The molecule has 0 unspecified atom stereocenters. The Hall–Kier alpha value is -2.49. The Morgan fingerprint density at radius 2 is 1.79 bits per heavy atom. The third-order valence-electron chi connectivity index (χ3n) is 2.94. The maximum atomic E-state index is 7.65. The van der Waals surface area contributed by atoms with Crippen molar-refractivity contribution >= 4 is 17.2 Å². The van der Waals surface area contributed by atoms with Gasteiger partial charge in [-0.3, -0.25) is 5.41 Å². The smallest absolute Gasteiger partial charge is 0.175 e. The lowest BCUT2D eigenvalue weighted by Gasteiger charge is -2.11. The lowest BCUT2D eigenvalue weighted by Crippen LogP contribution is -2.00. The lowest BCUT2D eigenvalue weighted by molar-refractivity contribution is 1.14. The molecule has 0 heterocycles. The number of anilines is 2. The van der Waals surface area contributed by atoms with E-state index in [0.717, 1.165) is 17.8 Å². The van der Waals surface area contributed by atoms with Crippen LogP contribution < -0.4 is 5.32 Å². The van der Waals surface area contributed by atoms with Gasteiger partial charge in [-0.2, -0.15) is 0 Å². The third kappa shape index (κ3) is 3.04. The predicted molar refractivity (Wildman–Crippen MR) is 77.5 cm³/mol. The van der Waals surface area contributed by atoms with E-state index in [4.69, 9.17) is 10.9 Å². The van der Waals surface area contributed by atoms with Crippen LogP contribution in [0.25, 0.3) is 0 Å². The average molecular weight is 252 g/mol. The number of rotatable bonds is 4. The van der Waals surface area contributed by atoms with Crippen LogP contribution in [-0.2, 0) is 6.42 Å². The molecule has 0 bridgehead atoms. The van der Waals surface area contributed by atoms with Crippen LogP contribution in [0.4, 0.5) is 11.4 Å². The van der Waals surface area contributed by atoms with E-state index in [9.17, 15) is 0 Å². The molecule has 2 rings (SSSR count). The maximum absolute atomic E-state index is 7.65. The molecule has 0 spiro atoms. The first-order chi connectivity index (χ1) is 9.24. The fourth-order valence-corrected chi connectivity index (χ4v) is 1.84. The average Bonchev–Trinajstić information content (AvgIpc) is 2.48. The molecule has 2 aromatic rings. The Morgan fingerprint density at radius 3 is 2.42 bits per heavy atom. The zero-order valence-corrected chi connectivity index (χ0v) is 10.8. The first-order valence-electron chi connectivity index (χ1n) is 6.16. The minimum Gasteiger partial charge on any atom is -0.355 e. The van der Waals surface area contributed by atoms with E-state index in [1.165, 1.54) is 5.56 Å². The van der Waals surface area contributed by atoms with Crippen LogP contribution in [0, 0.1) is 10.9 Å². The maximum Gasteiger partial charge on any atom is 0.175 e. The standard InChI is InChI=1S/C15H16N4/c1-2-11-7-9-12(10-8-11)18-14-6-4-3-5-13(14)15(16)19-17/h3-10,16-18H,2H2,1H3. The SMILES string of the molecule is CCc1ccc(Nc2ccccc2C(=N)N=N)cc1. The van der Waals surface area contributed by atoms with Crippen molar-refractivity contribution in [3.05, 3.63) is 59.7 Å². The lowest BCUT2D eigenvalue weighted by atomic mass is 10.1. The largest absolute Gasteiger partial charge is 0.355 e. The molecule has 4 nitrogen and oxygen atoms in total. The minimum absolute atomic E-state index is 0.0479. The molecule has 0 aliphatic heterocycles. The van der Waals surface area contributed by atoms with Gasteiger partial charge in [0.05, 0.1) is 0 Å². The molecule has 19 heavy (non-hydrogen) atoms. The molecule has 4 heteroatoms. The monoisotopic (exact) mass is 252 g/mol. The summed E-state index contributed by atoms with van der Waals surface area (Å²) in [7, 11) is 0. The highest BCUT2D eigenvalue weighted by Crippen LogP contribution is 2.22. The molecule has 3 N–H and O–H groups in total. The van der Waals surface area contributed by atoms with Crippen LogP contribution in [0.3, 0.4) is 0 Å². The number of para-hydroxylation sites is 1. The Balaban J connectivity index is 2.27. The number of hydrogen-bond donors (Lipinski definition) is 3. The zero-order valence-electron chi connectivity index (χ0n) is 10.8. The Labute approximate surface area is 112 Å². The summed E-state index contributed by atoms with van der Waals surface area (Å²) in [5, 5.41) is 14.1. The molecule has 0 saturated heterocycles. The van der Waals surface area contributed by atoms with Gasteiger partial charge in [-0.1, -0.05) is 31.2 Å². The van der Waals surface area contributed by atoms with Crippen LogP contribution in [0.2, 0.25) is 0 Å². The first-order valence-corrected chi connectivity index (χ1v) is 6.16. The molecule has 0 radical (unpaired) electrons. The molecule has 0 aromatic heterocycles. The van der Waals surface area contributed by atoms with Gasteiger partial charge in [-0.25, -0.2) is 5.53 Å². The Bertz CT molecular complexity index is 587. The summed E-state index contributed by atoms with van der Waals surface area (Å²) in [5.41, 5.74) is 10.6. The van der Waals surface area contributed by atoms with Crippen LogP contribution in [-0.4, -0.2) is 5.84 Å². The van der Waals surface area contributed by atoms with Crippen LogP contribution >= 0.6 is 0 Å². The van der Waals surface area contributed by atoms with Gasteiger partial charge in [-0.05, 0) is 36.2 Å². The highest BCUT2D eigenvalue weighted by atomic mass is 15.0. The summed E-state index contributed by atoms with van der Waals surface area (Å²) in [6, 6.07) is 15.6. The minimum atomic E-state index is -0.0479. The van der Waals surface area contributed by atoms with Crippen molar-refractivity contribution < 1.29 is 0 Å². The molecule has 0 aliphatic carbocycles. The molecule has 0 aliphatic rings. The van der Waals surface area contributed by atoms with Crippen LogP contribution in [0.5, 0.6) is 0 Å². The number of nitrogens with zero attached hydrogens (tertiary/aromatic N) is 1. The second kappa shape index (κ2) is 5.91. The number of nitrogens with one attached hydrogen (secondary N) is 3. The van der Waals surface area contributed by atoms with Gasteiger partial charge in [0.25, 0.3) is 0 Å². The summed E-state index contributed by atoms with van der Waals surface area (Å²) in [4.78, 5) is 0. The van der Waals surface area contributed by atoms with Crippen molar-refractivity contribution in [2.75, 3.05) is 5.32 Å². The first kappa shape index (κ1) is 13.0. The highest BCUT2D eigenvalue weighted by Gasteiger charge is 2.06. The topological polar surface area (TPSA) is 72.1 Å². The van der Waals surface area contributed by atoms with Crippen molar-refractivity contribution in [3.63, 3.8) is 0 Å². The normalized spacial score (nSPS) is 9.95. The van der Waals surface area contributed by atoms with Crippen LogP contribution in [0.15, 0.2) is 53.6 Å². The van der Waals surface area contributed by atoms with Gasteiger partial charge in [0.2, 0.25) is 0 Å². The molecule has 0 atom stereocenters. The summed E-state index contributed by atoms with van der Waals surface area (Å²) < 4.78 is 0. The second-order valence-corrected chi connectivity index (χ2v) is 4.18. The van der Waals surface area contributed by atoms with E-state index in [-0.39, 0.29) is 5.84 Å². The summed E-state index contributed by atoms with van der Waals surface area (Å²) in [5.74, 6) is -0.0479. The van der Waals surface area contributed by atoms with Crippen molar-refractivity contribution in [1.82, 2.24) is 0 Å². The molecule has 2 aromatic carbocycles. The van der Waals surface area contributed by atoms with Crippen molar-refractivity contribution in [1.29, 1.82) is 10.9 Å². The molecule has 0 fully saturated rings. The van der Waals surface area contributed by atoms with Gasteiger partial charge in [0, 0.05) is 16.9 Å². The van der Waals surface area contributed by atoms with E-state index in [1.807, 2.05) is 30.3 Å². The predicted octanol–water partition coefficient (Wildman–Crippen LogP) is 4.35. The van der Waals surface area contributed by atoms with Crippen molar-refractivity contribution in [3.8, 4) is 0 Å². The van der Waals surface area contributed by atoms with E-state index in [2.05, 4.69) is 29.5 Å². The van der Waals surface area contributed by atoms with Crippen molar-refractivity contribution in [2.24, 2.45) is 5.11 Å². The van der Waals surface area contributed by atoms with Crippen molar-refractivity contribution in [2.45, 2.75) is 13.3 Å². The Morgan fingerprint density at radius 1 is 1.11 bits per heavy atom. The third-order valence-corrected chi connectivity index (χ3v) is 2.94. The number of amidine groups is 1. The van der Waals surface area contributed by atoms with E-state index < -0.39 is 0 Å². The van der Waals surface area contributed by atoms with E-state index in [0.29, 0.717) is 5.56 Å². The van der Waals surface area contributed by atoms with Gasteiger partial charge < -0.3 is 5.32 Å². The molecule has 0 amide bonds. The Kier molecular flexibility index (Phi) is 4.03. The fraction of sp³-hybridized carbons (Fsp3) is 0.133. The van der Waals surface area contributed by atoms with Gasteiger partial charge in [0.1, 0.15) is 0 Å². The number of aryl methyl sites for hydroxylation is 1. The summed E-state index contributed by atoms with van der Waals surface area (Å²) in [6.07, 6.45) is 1.01. The van der Waals surface area contributed by atoms with Crippen LogP contribution in [0.1, 0.15) is 18.1 Å². The molecule has 0 saturated carbocycles. The van der Waals surface area contributed by atoms with Gasteiger partial charge in [0.15, 0.2) is 5.84 Å². The van der Waals surface area contributed by atoms with E-state index in [1.54, 1.807) is 6.07 Å². The quantitative estimate of drug-likeness (QED) is 0.422. The number of hydrogen-bond acceptors (Lipinski definition) is 3. The number of benzene rings is 2. The van der Waals surface area contributed by atoms with Gasteiger partial charge in [-0.15, -0.1) is 5.11 Å². The van der Waals surface area contributed by atoms with E-state index >= 15 is 0 Å². The molecule has 96 valence electrons. The molecular weight excluding hydrogens is 236 g/mol. The second-order valence-electron chi connectivity index (χ2n) is 4.18. The zero-order chi connectivity index (χ0) is 13.7. The summed E-state index contributed by atoms with van der Waals surface area (Å²) >= 11 is 0. The fourth-order valence-electron chi connectivity index (χ4n) is 1.84. The molecular formula is C15H16N4.